The monoisotopic (exact) mass is 501 g/mol. The van der Waals surface area contributed by atoms with Gasteiger partial charge in [0.2, 0.25) is 0 Å². The maximum absolute atomic E-state index is 11.7. The Morgan fingerprint density at radius 1 is 1.05 bits per heavy atom. The third-order valence-corrected chi connectivity index (χ3v) is 6.98. The highest BCUT2D eigenvalue weighted by atomic mass is 16.5. The van der Waals surface area contributed by atoms with Gasteiger partial charge < -0.3 is 14.9 Å². The first-order valence-electron chi connectivity index (χ1n) is 12.8. The number of rotatable bonds is 13. The number of aliphatic carboxylic acids is 1. The summed E-state index contributed by atoms with van der Waals surface area (Å²) >= 11 is 0. The van der Waals surface area contributed by atoms with Gasteiger partial charge in [-0.25, -0.2) is 4.68 Å². The molecule has 0 saturated heterocycles. The number of carboxylic acids is 1. The van der Waals surface area contributed by atoms with Gasteiger partial charge in [0.25, 0.3) is 0 Å². The van der Waals surface area contributed by atoms with Gasteiger partial charge in [0.15, 0.2) is 0 Å². The molecule has 2 N–H and O–H groups in total. The first-order valence-corrected chi connectivity index (χ1v) is 12.8. The summed E-state index contributed by atoms with van der Waals surface area (Å²) in [7, 11) is 0. The molecule has 37 heavy (non-hydrogen) atoms. The van der Waals surface area contributed by atoms with Crippen molar-refractivity contribution in [1.82, 2.24) is 15.0 Å². The Bertz CT molecular complexity index is 1330. The Hall–Kier alpha value is -3.55. The lowest BCUT2D eigenvalue weighted by Gasteiger charge is -2.18. The summed E-state index contributed by atoms with van der Waals surface area (Å²) in [6, 6.07) is 20.2. The summed E-state index contributed by atoms with van der Waals surface area (Å²) < 4.78 is 7.69. The number of nitrogens with zero attached hydrogens (tertiary/aromatic N) is 3. The zero-order valence-electron chi connectivity index (χ0n) is 21.6. The van der Waals surface area contributed by atoms with Crippen LogP contribution in [0.5, 0.6) is 0 Å². The smallest absolute Gasteiger partial charge is 0.303 e. The summed E-state index contributed by atoms with van der Waals surface area (Å²) in [6.45, 7) is 5.91. The fourth-order valence-electron chi connectivity index (χ4n) is 4.84. The summed E-state index contributed by atoms with van der Waals surface area (Å²) in [5.41, 5.74) is 7.97. The van der Waals surface area contributed by atoms with Gasteiger partial charge in [0, 0.05) is 13.2 Å². The van der Waals surface area contributed by atoms with E-state index in [0.717, 1.165) is 57.3 Å². The van der Waals surface area contributed by atoms with Gasteiger partial charge in [-0.05, 0) is 78.5 Å². The molecule has 0 aliphatic heterocycles. The van der Waals surface area contributed by atoms with Crippen LogP contribution in [-0.2, 0) is 35.7 Å². The molecule has 7 nitrogen and oxygen atoms in total. The number of aliphatic hydroxyl groups is 1. The number of benzene rings is 3. The van der Waals surface area contributed by atoms with Crippen molar-refractivity contribution in [2.24, 2.45) is 0 Å². The van der Waals surface area contributed by atoms with E-state index in [4.69, 9.17) is 4.74 Å². The Balaban J connectivity index is 1.42. The van der Waals surface area contributed by atoms with E-state index in [2.05, 4.69) is 28.5 Å². The van der Waals surface area contributed by atoms with Crippen LogP contribution in [-0.4, -0.2) is 37.8 Å². The summed E-state index contributed by atoms with van der Waals surface area (Å²) in [6.07, 6.45) is 2.30. The van der Waals surface area contributed by atoms with Gasteiger partial charge in [0.05, 0.1) is 25.2 Å². The first kappa shape index (κ1) is 26.5. The van der Waals surface area contributed by atoms with Gasteiger partial charge >= 0.3 is 5.97 Å². The van der Waals surface area contributed by atoms with Crippen molar-refractivity contribution < 1.29 is 19.7 Å². The fraction of sp³-hybridized carbons (Fsp3) is 0.367. The summed E-state index contributed by atoms with van der Waals surface area (Å²) in [5.74, 6) is -0.957. The standard InChI is InChI=1S/C30H35N3O4/c1-21-9-10-23(17-26(21)19-34)11-12-25(18-29(35)36)27-13-14-28-30(22(27)2)31-32-33(28)15-6-16-37-20-24-7-4-3-5-8-24/h3-5,7-10,13-14,17,25,34H,6,11-12,15-16,18-20H2,1-2H3,(H,35,36). The van der Waals surface area contributed by atoms with E-state index in [9.17, 15) is 15.0 Å². The Morgan fingerprint density at radius 2 is 1.86 bits per heavy atom. The second kappa shape index (κ2) is 12.6. The number of aryl methyl sites for hydroxylation is 4. The van der Waals surface area contributed by atoms with Crippen molar-refractivity contribution in [3.05, 3.63) is 94.0 Å². The van der Waals surface area contributed by atoms with E-state index in [1.165, 1.54) is 0 Å². The molecule has 0 bridgehead atoms. The van der Waals surface area contributed by atoms with Crippen LogP contribution >= 0.6 is 0 Å². The molecular weight excluding hydrogens is 466 g/mol. The molecule has 1 heterocycles. The lowest BCUT2D eigenvalue weighted by Crippen LogP contribution is -2.10. The average Bonchev–Trinajstić information content (AvgIpc) is 3.31. The third-order valence-electron chi connectivity index (χ3n) is 6.98. The molecule has 7 heteroatoms. The van der Waals surface area contributed by atoms with Crippen molar-refractivity contribution >= 4 is 17.0 Å². The van der Waals surface area contributed by atoms with Crippen LogP contribution in [0.3, 0.4) is 0 Å². The maximum Gasteiger partial charge on any atom is 0.303 e. The average molecular weight is 502 g/mol. The van der Waals surface area contributed by atoms with Crippen LogP contribution in [0, 0.1) is 13.8 Å². The topological polar surface area (TPSA) is 97.5 Å². The van der Waals surface area contributed by atoms with E-state index in [1.54, 1.807) is 0 Å². The number of fused-ring (bicyclic) bond motifs is 1. The van der Waals surface area contributed by atoms with Crippen LogP contribution in [0.15, 0.2) is 60.7 Å². The SMILES string of the molecule is Cc1ccc(CCC(CC(=O)O)c2ccc3c(nnn3CCCOCc3ccccc3)c2C)cc1CO. The zero-order valence-corrected chi connectivity index (χ0v) is 21.6. The highest BCUT2D eigenvalue weighted by molar-refractivity contribution is 5.80. The van der Waals surface area contributed by atoms with Gasteiger partial charge in [-0.2, -0.15) is 0 Å². The van der Waals surface area contributed by atoms with Gasteiger partial charge in [-0.3, -0.25) is 4.79 Å². The first-order chi connectivity index (χ1) is 18.0. The van der Waals surface area contributed by atoms with E-state index in [0.29, 0.717) is 26.2 Å². The lowest BCUT2D eigenvalue weighted by molar-refractivity contribution is -0.137. The van der Waals surface area contributed by atoms with Crippen LogP contribution < -0.4 is 0 Å². The molecule has 0 aliphatic rings. The van der Waals surface area contributed by atoms with Crippen LogP contribution in [0.4, 0.5) is 0 Å². The van der Waals surface area contributed by atoms with Gasteiger partial charge in [-0.15, -0.1) is 5.10 Å². The molecule has 0 amide bonds. The lowest BCUT2D eigenvalue weighted by atomic mass is 9.86. The minimum Gasteiger partial charge on any atom is -0.481 e. The van der Waals surface area contributed by atoms with Gasteiger partial charge in [-0.1, -0.05) is 59.8 Å². The minimum atomic E-state index is -0.816. The highest BCUT2D eigenvalue weighted by Gasteiger charge is 2.21. The summed E-state index contributed by atoms with van der Waals surface area (Å²) in [5, 5.41) is 28.0. The molecule has 0 spiro atoms. The molecule has 1 unspecified atom stereocenters. The normalized spacial score (nSPS) is 12.2. The molecular formula is C30H35N3O4. The molecule has 0 radical (unpaired) electrons. The number of hydrogen-bond donors (Lipinski definition) is 2. The molecule has 4 aromatic rings. The highest BCUT2D eigenvalue weighted by Crippen LogP contribution is 2.32. The van der Waals surface area contributed by atoms with E-state index >= 15 is 0 Å². The number of carbonyl (C=O) groups is 1. The van der Waals surface area contributed by atoms with Crippen molar-refractivity contribution in [3.8, 4) is 0 Å². The van der Waals surface area contributed by atoms with Crippen molar-refractivity contribution in [1.29, 1.82) is 0 Å². The number of ether oxygens (including phenoxy) is 1. The van der Waals surface area contributed by atoms with Crippen LogP contribution in [0.2, 0.25) is 0 Å². The predicted molar refractivity (Wildman–Crippen MR) is 143 cm³/mol. The van der Waals surface area contributed by atoms with Crippen LogP contribution in [0.25, 0.3) is 11.0 Å². The predicted octanol–water partition coefficient (Wildman–Crippen LogP) is 5.34. The quantitative estimate of drug-likeness (QED) is 0.240. The van der Waals surface area contributed by atoms with E-state index < -0.39 is 5.97 Å². The molecule has 0 saturated carbocycles. The number of aliphatic hydroxyl groups excluding tert-OH is 1. The molecule has 1 atom stereocenters. The number of carboxylic acid groups (broad SMARTS) is 1. The number of aromatic nitrogens is 3. The number of hydrogen-bond acceptors (Lipinski definition) is 5. The second-order valence-corrected chi connectivity index (χ2v) is 9.60. The molecule has 3 aromatic carbocycles. The second-order valence-electron chi connectivity index (χ2n) is 9.60. The molecule has 0 fully saturated rings. The fourth-order valence-corrected chi connectivity index (χ4v) is 4.84. The molecule has 194 valence electrons. The van der Waals surface area contributed by atoms with Gasteiger partial charge in [0.1, 0.15) is 5.52 Å². The summed E-state index contributed by atoms with van der Waals surface area (Å²) in [4.78, 5) is 11.7. The van der Waals surface area contributed by atoms with Crippen molar-refractivity contribution in [2.75, 3.05) is 6.61 Å². The van der Waals surface area contributed by atoms with E-state index in [1.807, 2.05) is 61.0 Å². The minimum absolute atomic E-state index is 0.00279. The largest absolute Gasteiger partial charge is 0.481 e. The van der Waals surface area contributed by atoms with Crippen LogP contribution in [0.1, 0.15) is 58.6 Å². The molecule has 0 aliphatic carbocycles. The van der Waals surface area contributed by atoms with Crippen molar-refractivity contribution in [2.45, 2.75) is 65.2 Å². The Labute approximate surface area is 217 Å². The molecule has 4 rings (SSSR count). The Morgan fingerprint density at radius 3 is 2.62 bits per heavy atom. The van der Waals surface area contributed by atoms with E-state index in [-0.39, 0.29) is 18.9 Å². The Kier molecular flexibility index (Phi) is 9.04. The van der Waals surface area contributed by atoms with Crippen molar-refractivity contribution in [3.63, 3.8) is 0 Å². The molecule has 1 aromatic heterocycles. The zero-order chi connectivity index (χ0) is 26.2. The maximum atomic E-state index is 11.7. The third kappa shape index (κ3) is 6.81.